The Labute approximate surface area is 184 Å². The number of methoxy groups -OCH3 is 3. The van der Waals surface area contributed by atoms with Gasteiger partial charge in [0.2, 0.25) is 11.5 Å². The first-order valence-electron chi connectivity index (χ1n) is 8.50. The average molecular weight is 480 g/mol. The maximum atomic E-state index is 12.4. The van der Waals surface area contributed by atoms with Gasteiger partial charge in [-0.2, -0.15) is 0 Å². The molecule has 0 aliphatic heterocycles. The zero-order valence-corrected chi connectivity index (χ0v) is 18.5. The Bertz CT molecular complexity index is 954. The Morgan fingerprint density at radius 2 is 1.62 bits per heavy atom. The van der Waals surface area contributed by atoms with Crippen molar-refractivity contribution in [1.29, 1.82) is 0 Å². The van der Waals surface area contributed by atoms with Gasteiger partial charge in [-0.15, -0.1) is 0 Å². The summed E-state index contributed by atoms with van der Waals surface area (Å²) in [6.07, 6.45) is 3.42. The highest BCUT2D eigenvalue weighted by Gasteiger charge is 2.17. The van der Waals surface area contributed by atoms with Crippen molar-refractivity contribution < 1.29 is 40.6 Å². The Kier molecular flexibility index (Phi) is 7.99. The van der Waals surface area contributed by atoms with E-state index in [4.69, 9.17) is 25.8 Å². The minimum Gasteiger partial charge on any atom is -1.00 e. The van der Waals surface area contributed by atoms with Crippen LogP contribution in [-0.4, -0.2) is 32.1 Å². The number of aromatic nitrogens is 2. The van der Waals surface area contributed by atoms with Gasteiger partial charge in [-0.05, 0) is 41.4 Å². The van der Waals surface area contributed by atoms with E-state index in [9.17, 15) is 4.79 Å². The average Bonchev–Trinajstić information content (AvgIpc) is 2.73. The van der Waals surface area contributed by atoms with E-state index >= 15 is 0 Å². The molecule has 1 heterocycles. The van der Waals surface area contributed by atoms with Crippen LogP contribution in [0.2, 0.25) is 5.02 Å². The summed E-state index contributed by atoms with van der Waals surface area (Å²) in [4.78, 5) is 16.8. The second-order valence-electron chi connectivity index (χ2n) is 5.96. The summed E-state index contributed by atoms with van der Waals surface area (Å²) in [5.41, 5.74) is 2.13. The molecule has 0 amide bonds. The normalized spacial score (nSPS) is 10.1. The zero-order valence-electron chi connectivity index (χ0n) is 16.2. The van der Waals surface area contributed by atoms with Gasteiger partial charge in [0.1, 0.15) is 0 Å². The lowest BCUT2D eigenvalue weighted by Gasteiger charge is -2.13. The van der Waals surface area contributed by atoms with Crippen LogP contribution in [0.25, 0.3) is 11.3 Å². The van der Waals surface area contributed by atoms with Crippen molar-refractivity contribution in [3.05, 3.63) is 65.6 Å². The number of carbonyl (C=O) groups excluding carboxylic acids is 1. The quantitative estimate of drug-likeness (QED) is 0.367. The molecule has 0 unspecified atom stereocenters. The predicted octanol–water partition coefficient (Wildman–Crippen LogP) is 0.602. The predicted molar refractivity (Wildman–Crippen MR) is 105 cm³/mol. The molecule has 3 aromatic rings. The summed E-state index contributed by atoms with van der Waals surface area (Å²) in [6, 6.07) is 12.3. The fourth-order valence-corrected chi connectivity index (χ4v) is 2.90. The molecule has 29 heavy (non-hydrogen) atoms. The number of ketones is 1. The summed E-state index contributed by atoms with van der Waals surface area (Å²) in [5.74, 6) is 1.60. The monoisotopic (exact) mass is 478 g/mol. The molecule has 0 saturated carbocycles. The van der Waals surface area contributed by atoms with Gasteiger partial charge in [0.05, 0.1) is 27.5 Å². The first-order chi connectivity index (χ1) is 13.5. The van der Waals surface area contributed by atoms with Gasteiger partial charge in [-0.3, -0.25) is 4.79 Å². The molecule has 0 saturated heterocycles. The van der Waals surface area contributed by atoms with Crippen LogP contribution in [0.15, 0.2) is 55.0 Å². The highest BCUT2D eigenvalue weighted by atomic mass is 79.9. The number of Topliss-reactive ketones (excluding diaryl/α,β-unsaturated/α-hetero) is 1. The second-order valence-corrected chi connectivity index (χ2v) is 6.40. The summed E-state index contributed by atoms with van der Waals surface area (Å²) in [5, 5.41) is 0.598. The van der Waals surface area contributed by atoms with Crippen LogP contribution in [0.3, 0.4) is 0 Å². The maximum absolute atomic E-state index is 12.4. The van der Waals surface area contributed by atoms with Crippen molar-refractivity contribution in [2.45, 2.75) is 6.54 Å². The lowest BCUT2D eigenvalue weighted by molar-refractivity contribution is -0.686. The molecule has 3 rings (SSSR count). The number of hydrogen-bond donors (Lipinski definition) is 0. The Balaban J connectivity index is 0.00000300. The van der Waals surface area contributed by atoms with Crippen LogP contribution in [0.5, 0.6) is 17.2 Å². The van der Waals surface area contributed by atoms with Gasteiger partial charge in [-0.25, -0.2) is 4.57 Å². The third kappa shape index (κ3) is 5.25. The fraction of sp³-hybridized carbons (Fsp3) is 0.190. The van der Waals surface area contributed by atoms with Crippen molar-refractivity contribution in [1.82, 2.24) is 4.98 Å². The van der Waals surface area contributed by atoms with E-state index < -0.39 is 0 Å². The smallest absolute Gasteiger partial charge is 0.287 e. The van der Waals surface area contributed by atoms with Gasteiger partial charge >= 0.3 is 0 Å². The van der Waals surface area contributed by atoms with Gasteiger partial charge < -0.3 is 31.2 Å². The topological polar surface area (TPSA) is 61.5 Å². The molecule has 0 atom stereocenters. The molecule has 2 aromatic carbocycles. The standard InChI is InChI=1S/C21H20ClN2O4.BrH/c1-26-19-10-15(11-20(27-2)21(19)28-3)17-8-9-24(13-23-17)12-18(25)14-4-6-16(22)7-5-14;/h4-11,13H,12H2,1-3H3;1H/q+1;/p-1. The summed E-state index contributed by atoms with van der Waals surface area (Å²) in [7, 11) is 4.69. The van der Waals surface area contributed by atoms with Gasteiger partial charge in [-0.1, -0.05) is 11.6 Å². The minimum atomic E-state index is -0.0241. The van der Waals surface area contributed by atoms with Crippen molar-refractivity contribution in [3.63, 3.8) is 0 Å². The lowest BCUT2D eigenvalue weighted by Crippen LogP contribution is -3.00. The zero-order chi connectivity index (χ0) is 20.1. The van der Waals surface area contributed by atoms with E-state index in [1.165, 1.54) is 0 Å². The molecule has 8 heteroatoms. The van der Waals surface area contributed by atoms with E-state index in [2.05, 4.69) is 4.98 Å². The highest BCUT2D eigenvalue weighted by Crippen LogP contribution is 2.40. The number of hydrogen-bond acceptors (Lipinski definition) is 5. The third-order valence-corrected chi connectivity index (χ3v) is 4.47. The fourth-order valence-electron chi connectivity index (χ4n) is 2.77. The number of benzene rings is 2. The molecular formula is C21H20BrClN2O4. The first kappa shape index (κ1) is 22.6. The Morgan fingerprint density at radius 3 is 2.10 bits per heavy atom. The van der Waals surface area contributed by atoms with Gasteiger partial charge in [0.15, 0.2) is 23.7 Å². The largest absolute Gasteiger partial charge is 1.00 e. The van der Waals surface area contributed by atoms with Crippen LogP contribution < -0.4 is 35.8 Å². The molecule has 0 spiro atoms. The van der Waals surface area contributed by atoms with Crippen LogP contribution in [-0.2, 0) is 6.54 Å². The Hall–Kier alpha value is -2.64. The molecule has 0 aliphatic rings. The van der Waals surface area contributed by atoms with Crippen LogP contribution in [0, 0.1) is 0 Å². The number of carbonyl (C=O) groups is 1. The number of ether oxygens (including phenoxy) is 3. The number of rotatable bonds is 7. The molecule has 6 nitrogen and oxygen atoms in total. The summed E-state index contributed by atoms with van der Waals surface area (Å²) >= 11 is 5.86. The van der Waals surface area contributed by atoms with Crippen LogP contribution in [0.4, 0.5) is 0 Å². The van der Waals surface area contributed by atoms with Crippen LogP contribution in [0.1, 0.15) is 10.4 Å². The number of nitrogens with zero attached hydrogens (tertiary/aromatic N) is 2. The second kappa shape index (κ2) is 10.2. The summed E-state index contributed by atoms with van der Waals surface area (Å²) in [6.45, 7) is 0.185. The molecule has 0 radical (unpaired) electrons. The molecule has 152 valence electrons. The summed E-state index contributed by atoms with van der Waals surface area (Å²) < 4.78 is 17.8. The minimum absolute atomic E-state index is 0. The molecule has 0 N–H and O–H groups in total. The highest BCUT2D eigenvalue weighted by molar-refractivity contribution is 6.30. The molecule has 0 aliphatic carbocycles. The first-order valence-corrected chi connectivity index (χ1v) is 8.87. The van der Waals surface area contributed by atoms with E-state index in [-0.39, 0.29) is 29.3 Å². The van der Waals surface area contributed by atoms with E-state index in [1.807, 2.05) is 18.2 Å². The van der Waals surface area contributed by atoms with Gasteiger partial charge in [0, 0.05) is 22.2 Å². The van der Waals surface area contributed by atoms with Crippen molar-refractivity contribution in [3.8, 4) is 28.5 Å². The van der Waals surface area contributed by atoms with Crippen LogP contribution >= 0.6 is 11.6 Å². The maximum Gasteiger partial charge on any atom is 0.287 e. The van der Waals surface area contributed by atoms with Crippen molar-refractivity contribution in [2.75, 3.05) is 21.3 Å². The Morgan fingerprint density at radius 1 is 1.00 bits per heavy atom. The molecule has 0 fully saturated rings. The van der Waals surface area contributed by atoms with E-state index in [1.54, 1.807) is 62.7 Å². The van der Waals surface area contributed by atoms with Crippen molar-refractivity contribution >= 4 is 17.4 Å². The van der Waals surface area contributed by atoms with E-state index in [0.717, 1.165) is 11.3 Å². The lowest BCUT2D eigenvalue weighted by atomic mass is 10.1. The molecule has 0 bridgehead atoms. The van der Waals surface area contributed by atoms with E-state index in [0.29, 0.717) is 27.8 Å². The van der Waals surface area contributed by atoms with Crippen molar-refractivity contribution in [2.24, 2.45) is 0 Å². The third-order valence-electron chi connectivity index (χ3n) is 4.22. The van der Waals surface area contributed by atoms with Gasteiger partial charge in [0.25, 0.3) is 6.33 Å². The molecular weight excluding hydrogens is 460 g/mol. The molecule has 1 aromatic heterocycles. The SMILES string of the molecule is COc1cc(-c2cc[n+](CC(=O)c3ccc(Cl)cc3)cn2)cc(OC)c1OC.[Br-]. The number of halogens is 2.